The van der Waals surface area contributed by atoms with Crippen LogP contribution < -0.4 is 11.0 Å². The van der Waals surface area contributed by atoms with Gasteiger partial charge in [0.05, 0.1) is 24.0 Å². The van der Waals surface area contributed by atoms with Crippen LogP contribution in [-0.4, -0.2) is 40.9 Å². The van der Waals surface area contributed by atoms with Crippen molar-refractivity contribution < 1.29 is 9.18 Å². The molecule has 1 aromatic carbocycles. The normalized spacial score (nSPS) is 16.0. The molecule has 0 saturated heterocycles. The smallest absolute Gasteiger partial charge is 0.346 e. The van der Waals surface area contributed by atoms with E-state index in [4.69, 9.17) is 0 Å². The number of hydrogen-bond donors (Lipinski definition) is 1. The number of fused-ring (bicyclic) bond motifs is 2. The van der Waals surface area contributed by atoms with Crippen molar-refractivity contribution >= 4 is 11.6 Å². The number of nitrogens with zero attached hydrogens (tertiary/aromatic N) is 6. The SMILES string of the molecule is Cc1c(C(=O)NC2CCc3nn(Cc4ccc(F)cc4)c(=O)n3CC2)cnc2ccnn12. The van der Waals surface area contributed by atoms with Gasteiger partial charge in [0, 0.05) is 31.3 Å². The predicted octanol–water partition coefficient (Wildman–Crippen LogP) is 1.72. The van der Waals surface area contributed by atoms with Crippen molar-refractivity contribution in [3.63, 3.8) is 0 Å². The lowest BCUT2D eigenvalue weighted by Gasteiger charge is -2.17. The lowest BCUT2D eigenvalue weighted by Crippen LogP contribution is -2.36. The van der Waals surface area contributed by atoms with Gasteiger partial charge < -0.3 is 5.32 Å². The van der Waals surface area contributed by atoms with Gasteiger partial charge in [-0.25, -0.2) is 23.4 Å². The Morgan fingerprint density at radius 1 is 1.22 bits per heavy atom. The lowest BCUT2D eigenvalue weighted by atomic mass is 10.1. The van der Waals surface area contributed by atoms with Crippen LogP contribution in [0.4, 0.5) is 4.39 Å². The van der Waals surface area contributed by atoms with Crippen LogP contribution in [0.1, 0.15) is 40.3 Å². The van der Waals surface area contributed by atoms with Crippen molar-refractivity contribution in [3.8, 4) is 0 Å². The number of hydrogen-bond acceptors (Lipinski definition) is 5. The highest BCUT2D eigenvalue weighted by molar-refractivity contribution is 5.95. The van der Waals surface area contributed by atoms with E-state index in [1.54, 1.807) is 39.7 Å². The molecule has 1 aliphatic rings. The Bertz CT molecular complexity index is 1350. The summed E-state index contributed by atoms with van der Waals surface area (Å²) in [5.41, 5.74) is 2.51. The number of carbonyl (C=O) groups excluding carboxylic acids is 1. The van der Waals surface area contributed by atoms with Crippen LogP contribution in [0.15, 0.2) is 47.5 Å². The first-order valence-electron chi connectivity index (χ1n) is 10.5. The summed E-state index contributed by atoms with van der Waals surface area (Å²) in [5.74, 6) is 0.181. The Hall–Kier alpha value is -3.82. The first kappa shape index (κ1) is 20.1. The first-order chi connectivity index (χ1) is 15.5. The molecule has 0 spiro atoms. The van der Waals surface area contributed by atoms with Crippen LogP contribution in [0.5, 0.6) is 0 Å². The number of aromatic nitrogens is 6. The number of halogens is 1. The average Bonchev–Trinajstić information content (AvgIpc) is 3.31. The third-order valence-electron chi connectivity index (χ3n) is 5.90. The molecule has 4 aromatic rings. The summed E-state index contributed by atoms with van der Waals surface area (Å²) >= 11 is 0. The molecule has 1 aliphatic heterocycles. The molecule has 0 radical (unpaired) electrons. The maximum absolute atomic E-state index is 13.1. The van der Waals surface area contributed by atoms with Gasteiger partial charge in [-0.05, 0) is 37.5 Å². The standard InChI is InChI=1S/C22H22FN7O2/c1-14-18(12-24-19-8-10-25-30(14)19)21(31)26-17-6-7-20-27-29(22(32)28(20)11-9-17)13-15-2-4-16(23)5-3-15/h2-5,8,10,12,17H,6-7,9,11,13H2,1H3,(H,26,31). The molecule has 3 aromatic heterocycles. The maximum atomic E-state index is 13.1. The van der Waals surface area contributed by atoms with Crippen molar-refractivity contribution in [2.45, 2.75) is 45.3 Å². The first-order valence-corrected chi connectivity index (χ1v) is 10.5. The van der Waals surface area contributed by atoms with E-state index in [1.165, 1.54) is 16.8 Å². The summed E-state index contributed by atoms with van der Waals surface area (Å²) in [6, 6.07) is 7.74. The van der Waals surface area contributed by atoms with Crippen LogP contribution in [0.2, 0.25) is 0 Å². The molecular formula is C22H22FN7O2. The molecule has 0 aliphatic carbocycles. The van der Waals surface area contributed by atoms with E-state index in [0.29, 0.717) is 49.4 Å². The molecule has 9 nitrogen and oxygen atoms in total. The zero-order chi connectivity index (χ0) is 22.2. The second-order valence-electron chi connectivity index (χ2n) is 7.99. The molecule has 5 rings (SSSR count). The number of carbonyl (C=O) groups is 1. The fraction of sp³-hybridized carbons (Fsp3) is 0.318. The molecule has 32 heavy (non-hydrogen) atoms. The molecule has 164 valence electrons. The van der Waals surface area contributed by atoms with Gasteiger partial charge in [-0.3, -0.25) is 9.36 Å². The lowest BCUT2D eigenvalue weighted by molar-refractivity contribution is 0.0931. The summed E-state index contributed by atoms with van der Waals surface area (Å²) in [6.45, 7) is 2.60. The van der Waals surface area contributed by atoms with Gasteiger partial charge in [0.2, 0.25) is 0 Å². The molecule has 1 unspecified atom stereocenters. The Labute approximate surface area is 182 Å². The Morgan fingerprint density at radius 3 is 2.84 bits per heavy atom. The fourth-order valence-corrected chi connectivity index (χ4v) is 4.12. The van der Waals surface area contributed by atoms with Gasteiger partial charge in [0.15, 0.2) is 5.65 Å². The number of benzene rings is 1. The maximum Gasteiger partial charge on any atom is 0.346 e. The summed E-state index contributed by atoms with van der Waals surface area (Å²) < 4.78 is 17.8. The number of aryl methyl sites for hydroxylation is 2. The van der Waals surface area contributed by atoms with Crippen molar-refractivity contribution in [2.75, 3.05) is 0 Å². The van der Waals surface area contributed by atoms with Crippen LogP contribution in [-0.2, 0) is 19.5 Å². The van der Waals surface area contributed by atoms with E-state index < -0.39 is 0 Å². The minimum absolute atomic E-state index is 0.0816. The van der Waals surface area contributed by atoms with Gasteiger partial charge in [-0.1, -0.05) is 12.1 Å². The van der Waals surface area contributed by atoms with Crippen molar-refractivity contribution in [1.82, 2.24) is 34.3 Å². The van der Waals surface area contributed by atoms with E-state index in [-0.39, 0.29) is 23.5 Å². The van der Waals surface area contributed by atoms with Gasteiger partial charge in [-0.15, -0.1) is 0 Å². The summed E-state index contributed by atoms with van der Waals surface area (Å²) in [6.07, 6.45) is 5.09. The minimum Gasteiger partial charge on any atom is -0.349 e. The molecule has 0 fully saturated rings. The van der Waals surface area contributed by atoms with Crippen molar-refractivity contribution in [1.29, 1.82) is 0 Å². The molecule has 1 amide bonds. The van der Waals surface area contributed by atoms with Gasteiger partial charge >= 0.3 is 5.69 Å². The van der Waals surface area contributed by atoms with E-state index in [0.717, 1.165) is 11.3 Å². The van der Waals surface area contributed by atoms with Crippen molar-refractivity contribution in [3.05, 3.63) is 81.7 Å². The van der Waals surface area contributed by atoms with Gasteiger partial charge in [-0.2, -0.15) is 10.2 Å². The van der Waals surface area contributed by atoms with Crippen LogP contribution in [0.3, 0.4) is 0 Å². The predicted molar refractivity (Wildman–Crippen MR) is 114 cm³/mol. The van der Waals surface area contributed by atoms with E-state index >= 15 is 0 Å². The molecule has 4 heterocycles. The van der Waals surface area contributed by atoms with Gasteiger partial charge in [0.1, 0.15) is 11.6 Å². The molecule has 10 heteroatoms. The number of rotatable bonds is 4. The fourth-order valence-electron chi connectivity index (χ4n) is 4.12. The van der Waals surface area contributed by atoms with Crippen molar-refractivity contribution in [2.24, 2.45) is 0 Å². The summed E-state index contributed by atoms with van der Waals surface area (Å²) in [4.78, 5) is 30.0. The second-order valence-corrected chi connectivity index (χ2v) is 7.99. The highest BCUT2D eigenvalue weighted by Gasteiger charge is 2.23. The highest BCUT2D eigenvalue weighted by Crippen LogP contribution is 2.15. The van der Waals surface area contributed by atoms with E-state index in [9.17, 15) is 14.0 Å². The Morgan fingerprint density at radius 2 is 2.03 bits per heavy atom. The third kappa shape index (κ3) is 3.68. The summed E-state index contributed by atoms with van der Waals surface area (Å²) in [5, 5.41) is 11.8. The Kier molecular flexibility index (Phi) is 5.04. The minimum atomic E-state index is -0.315. The average molecular weight is 435 g/mol. The molecule has 0 saturated carbocycles. The highest BCUT2D eigenvalue weighted by atomic mass is 19.1. The van der Waals surface area contributed by atoms with E-state index in [2.05, 4.69) is 20.5 Å². The van der Waals surface area contributed by atoms with Crippen LogP contribution in [0, 0.1) is 12.7 Å². The third-order valence-corrected chi connectivity index (χ3v) is 5.90. The quantitative estimate of drug-likeness (QED) is 0.526. The zero-order valence-electron chi connectivity index (χ0n) is 17.5. The monoisotopic (exact) mass is 435 g/mol. The summed E-state index contributed by atoms with van der Waals surface area (Å²) in [7, 11) is 0. The molecule has 0 bridgehead atoms. The van der Waals surface area contributed by atoms with Gasteiger partial charge in [0.25, 0.3) is 5.91 Å². The molecule has 1 N–H and O–H groups in total. The zero-order valence-corrected chi connectivity index (χ0v) is 17.5. The number of nitrogens with one attached hydrogen (secondary N) is 1. The second kappa shape index (κ2) is 8.03. The molecule has 1 atom stereocenters. The van der Waals surface area contributed by atoms with Crippen LogP contribution in [0.25, 0.3) is 5.65 Å². The largest absolute Gasteiger partial charge is 0.349 e. The van der Waals surface area contributed by atoms with E-state index in [1.807, 2.05) is 6.92 Å². The number of amides is 1. The van der Waals surface area contributed by atoms with Crippen LogP contribution >= 0.6 is 0 Å². The molecular weight excluding hydrogens is 413 g/mol. The topological polar surface area (TPSA) is 99.1 Å². The Balaban J connectivity index is 1.28.